The summed E-state index contributed by atoms with van der Waals surface area (Å²) in [6.07, 6.45) is 3.41. The molecule has 4 aromatic rings. The molecule has 3 heterocycles. The third-order valence-corrected chi connectivity index (χ3v) is 7.31. The molecular weight excluding hydrogens is 452 g/mol. The maximum absolute atomic E-state index is 10.7. The summed E-state index contributed by atoms with van der Waals surface area (Å²) in [5, 5.41) is 11.6. The van der Waals surface area contributed by atoms with Crippen LogP contribution in [0.25, 0.3) is 22.6 Å². The molecule has 190 valence electrons. The number of nitrogens with zero attached hydrogens (tertiary/aromatic N) is 2. The standard InChI is InChI=1S/C30H36N2O4/c1-19(2)29-16-31-30(36-29)28-15-25-26(6-5-7-27(25)35-28)34-18-24(33)17-32-12-10-22(11-13-32)23-9-8-20(3)21(4)14-23/h5-9,14-16,19,22,24,33H,10-13,17-18H2,1-4H3. The van der Waals surface area contributed by atoms with Crippen molar-refractivity contribution < 1.29 is 18.7 Å². The van der Waals surface area contributed by atoms with E-state index in [0.29, 0.717) is 35.4 Å². The number of aliphatic hydroxyl groups excluding tert-OH is 1. The van der Waals surface area contributed by atoms with Gasteiger partial charge in [-0.1, -0.05) is 38.1 Å². The summed E-state index contributed by atoms with van der Waals surface area (Å²) in [6.45, 7) is 11.3. The van der Waals surface area contributed by atoms with Gasteiger partial charge in [-0.2, -0.15) is 0 Å². The van der Waals surface area contributed by atoms with Crippen molar-refractivity contribution in [2.24, 2.45) is 0 Å². The molecule has 0 saturated carbocycles. The highest BCUT2D eigenvalue weighted by Gasteiger charge is 2.23. The van der Waals surface area contributed by atoms with Gasteiger partial charge in [0.2, 0.25) is 0 Å². The van der Waals surface area contributed by atoms with E-state index in [9.17, 15) is 5.11 Å². The highest BCUT2D eigenvalue weighted by molar-refractivity contribution is 5.87. The van der Waals surface area contributed by atoms with E-state index in [1.807, 2.05) is 24.3 Å². The lowest BCUT2D eigenvalue weighted by molar-refractivity contribution is 0.0599. The third kappa shape index (κ3) is 5.35. The first kappa shape index (κ1) is 24.6. The van der Waals surface area contributed by atoms with Crippen LogP contribution >= 0.6 is 0 Å². The fraction of sp³-hybridized carbons (Fsp3) is 0.433. The van der Waals surface area contributed by atoms with Gasteiger partial charge in [-0.15, -0.1) is 0 Å². The largest absolute Gasteiger partial charge is 0.490 e. The lowest BCUT2D eigenvalue weighted by atomic mass is 9.88. The fourth-order valence-corrected chi connectivity index (χ4v) is 4.94. The fourth-order valence-electron chi connectivity index (χ4n) is 4.94. The van der Waals surface area contributed by atoms with Crippen LogP contribution in [0.1, 0.15) is 61.0 Å². The average Bonchev–Trinajstić information content (AvgIpc) is 3.53. The molecule has 0 spiro atoms. The molecule has 0 aliphatic carbocycles. The minimum atomic E-state index is -0.565. The van der Waals surface area contributed by atoms with Crippen LogP contribution in [0.15, 0.2) is 57.5 Å². The number of hydrogen-bond donors (Lipinski definition) is 1. The molecule has 0 radical (unpaired) electrons. The van der Waals surface area contributed by atoms with Gasteiger partial charge in [0.15, 0.2) is 5.76 Å². The van der Waals surface area contributed by atoms with Gasteiger partial charge in [0, 0.05) is 18.5 Å². The number of hydrogen-bond acceptors (Lipinski definition) is 6. The molecule has 1 atom stereocenters. The van der Waals surface area contributed by atoms with Crippen molar-refractivity contribution in [3.8, 4) is 17.4 Å². The lowest BCUT2D eigenvalue weighted by Gasteiger charge is -2.33. The summed E-state index contributed by atoms with van der Waals surface area (Å²) in [4.78, 5) is 6.70. The molecule has 0 amide bonds. The van der Waals surface area contributed by atoms with Crippen LogP contribution in [0.4, 0.5) is 0 Å². The number of piperidine rings is 1. The Bertz CT molecular complexity index is 1310. The Balaban J connectivity index is 1.16. The number of fused-ring (bicyclic) bond motifs is 1. The topological polar surface area (TPSA) is 71.9 Å². The van der Waals surface area contributed by atoms with E-state index in [1.165, 1.54) is 16.7 Å². The van der Waals surface area contributed by atoms with Crippen LogP contribution < -0.4 is 4.74 Å². The third-order valence-electron chi connectivity index (χ3n) is 7.31. The van der Waals surface area contributed by atoms with Crippen molar-refractivity contribution in [2.75, 3.05) is 26.2 Å². The monoisotopic (exact) mass is 488 g/mol. The van der Waals surface area contributed by atoms with E-state index >= 15 is 0 Å². The maximum atomic E-state index is 10.7. The summed E-state index contributed by atoms with van der Waals surface area (Å²) >= 11 is 0. The second-order valence-electron chi connectivity index (χ2n) is 10.4. The molecule has 1 saturated heterocycles. The first-order valence-electron chi connectivity index (χ1n) is 13.0. The summed E-state index contributed by atoms with van der Waals surface area (Å²) in [7, 11) is 0. The van der Waals surface area contributed by atoms with Crippen molar-refractivity contribution >= 4 is 11.0 Å². The molecule has 36 heavy (non-hydrogen) atoms. The molecule has 5 rings (SSSR count). The quantitative estimate of drug-likeness (QED) is 0.307. The van der Waals surface area contributed by atoms with Crippen LogP contribution in [-0.2, 0) is 0 Å². The molecule has 1 unspecified atom stereocenters. The minimum Gasteiger partial charge on any atom is -0.490 e. The van der Waals surface area contributed by atoms with Gasteiger partial charge in [0.05, 0.1) is 11.6 Å². The van der Waals surface area contributed by atoms with E-state index in [0.717, 1.165) is 37.1 Å². The molecule has 0 bridgehead atoms. The molecule has 6 heteroatoms. The molecular formula is C30H36N2O4. The Labute approximate surface area is 212 Å². The van der Waals surface area contributed by atoms with Crippen molar-refractivity contribution in [3.05, 3.63) is 71.1 Å². The van der Waals surface area contributed by atoms with Crippen molar-refractivity contribution in [1.82, 2.24) is 9.88 Å². The van der Waals surface area contributed by atoms with Gasteiger partial charge < -0.3 is 23.6 Å². The smallest absolute Gasteiger partial charge is 0.263 e. The average molecular weight is 489 g/mol. The zero-order valence-corrected chi connectivity index (χ0v) is 21.7. The summed E-state index contributed by atoms with van der Waals surface area (Å²) < 4.78 is 17.9. The van der Waals surface area contributed by atoms with Crippen LogP contribution in [0, 0.1) is 13.8 Å². The first-order valence-corrected chi connectivity index (χ1v) is 13.0. The Hall–Kier alpha value is -3.09. The number of rotatable bonds is 8. The van der Waals surface area contributed by atoms with E-state index < -0.39 is 6.10 Å². The second-order valence-corrected chi connectivity index (χ2v) is 10.4. The Morgan fingerprint density at radius 1 is 1.06 bits per heavy atom. The number of ether oxygens (including phenoxy) is 1. The van der Waals surface area contributed by atoms with Crippen LogP contribution in [0.3, 0.4) is 0 Å². The number of aromatic nitrogens is 1. The Kier molecular flexibility index (Phi) is 7.17. The predicted octanol–water partition coefficient (Wildman–Crippen LogP) is 6.45. The second kappa shape index (κ2) is 10.5. The zero-order chi connectivity index (χ0) is 25.2. The predicted molar refractivity (Wildman–Crippen MR) is 142 cm³/mol. The number of oxazole rings is 1. The molecule has 1 aliphatic rings. The number of likely N-dealkylation sites (tertiary alicyclic amines) is 1. The molecule has 2 aromatic heterocycles. The van der Waals surface area contributed by atoms with Gasteiger partial charge in [0.25, 0.3) is 5.89 Å². The molecule has 1 N–H and O–H groups in total. The highest BCUT2D eigenvalue weighted by Crippen LogP contribution is 2.34. The lowest BCUT2D eigenvalue weighted by Crippen LogP contribution is -2.40. The van der Waals surface area contributed by atoms with Gasteiger partial charge in [-0.3, -0.25) is 0 Å². The minimum absolute atomic E-state index is 0.229. The number of benzene rings is 2. The van der Waals surface area contributed by atoms with E-state index in [4.69, 9.17) is 13.6 Å². The molecule has 2 aromatic carbocycles. The number of furan rings is 1. The van der Waals surface area contributed by atoms with Crippen molar-refractivity contribution in [3.63, 3.8) is 0 Å². The van der Waals surface area contributed by atoms with Gasteiger partial charge in [-0.25, -0.2) is 4.98 Å². The Morgan fingerprint density at radius 3 is 2.58 bits per heavy atom. The Morgan fingerprint density at radius 2 is 1.86 bits per heavy atom. The van der Waals surface area contributed by atoms with Gasteiger partial charge >= 0.3 is 0 Å². The summed E-state index contributed by atoms with van der Waals surface area (Å²) in [6, 6.07) is 14.4. The van der Waals surface area contributed by atoms with E-state index in [1.54, 1.807) is 6.20 Å². The van der Waals surface area contributed by atoms with Gasteiger partial charge in [0.1, 0.15) is 29.8 Å². The normalized spacial score (nSPS) is 16.2. The van der Waals surface area contributed by atoms with Crippen LogP contribution in [-0.4, -0.2) is 47.3 Å². The SMILES string of the molecule is Cc1ccc(C2CCN(CC(O)COc3cccc4oc(-c5ncc(C(C)C)o5)cc34)CC2)cc1C. The van der Waals surface area contributed by atoms with Gasteiger partial charge in [-0.05, 0) is 74.5 Å². The van der Waals surface area contributed by atoms with Crippen LogP contribution in [0.2, 0.25) is 0 Å². The molecule has 6 nitrogen and oxygen atoms in total. The maximum Gasteiger partial charge on any atom is 0.263 e. The first-order chi connectivity index (χ1) is 17.4. The zero-order valence-electron chi connectivity index (χ0n) is 21.7. The summed E-state index contributed by atoms with van der Waals surface area (Å²) in [5.74, 6) is 3.40. The number of aryl methyl sites for hydroxylation is 2. The van der Waals surface area contributed by atoms with E-state index in [-0.39, 0.29) is 12.5 Å². The number of aliphatic hydroxyl groups is 1. The highest BCUT2D eigenvalue weighted by atomic mass is 16.5. The van der Waals surface area contributed by atoms with Crippen molar-refractivity contribution in [2.45, 2.75) is 58.5 Å². The molecule has 1 aliphatic heterocycles. The summed E-state index contributed by atoms with van der Waals surface area (Å²) in [5.41, 5.74) is 4.86. The number of β-amino-alcohol motifs (C(OH)–C–C–N with tert-alkyl or cyclic N) is 1. The van der Waals surface area contributed by atoms with Crippen molar-refractivity contribution in [1.29, 1.82) is 0 Å². The van der Waals surface area contributed by atoms with E-state index in [2.05, 4.69) is 55.8 Å². The van der Waals surface area contributed by atoms with Crippen LogP contribution in [0.5, 0.6) is 5.75 Å². The molecule has 1 fully saturated rings.